The molecule has 7 heteroatoms. The van der Waals surface area contributed by atoms with E-state index in [9.17, 15) is 9.59 Å². The predicted molar refractivity (Wildman–Crippen MR) is 94.5 cm³/mol. The third-order valence-corrected chi connectivity index (χ3v) is 5.22. The standard InChI is InChI=1S/C18H22N4O3/c1-11-4-6-21(7-5-11)15(23)10-22-18(24)16-13(9-19-22)17-14(20(16)3)8-12(2)25-17/h8-9,11H,4-7,10H2,1-3H3. The van der Waals surface area contributed by atoms with Crippen LogP contribution in [-0.4, -0.2) is 38.2 Å². The van der Waals surface area contributed by atoms with Crippen LogP contribution in [0.15, 0.2) is 21.5 Å². The highest BCUT2D eigenvalue weighted by Gasteiger charge is 2.22. The van der Waals surface area contributed by atoms with Crippen LogP contribution in [0.3, 0.4) is 0 Å². The Morgan fingerprint density at radius 2 is 2.08 bits per heavy atom. The van der Waals surface area contributed by atoms with Crippen LogP contribution in [0, 0.1) is 12.8 Å². The van der Waals surface area contributed by atoms with Crippen molar-refractivity contribution in [3.63, 3.8) is 0 Å². The molecule has 1 aliphatic heterocycles. The predicted octanol–water partition coefficient (Wildman–Crippen LogP) is 2.05. The number of carbonyl (C=O) groups excluding carboxylic acids is 1. The van der Waals surface area contributed by atoms with Crippen LogP contribution in [0.2, 0.25) is 0 Å². The second-order valence-electron chi connectivity index (χ2n) is 7.06. The van der Waals surface area contributed by atoms with Crippen molar-refractivity contribution in [1.82, 2.24) is 19.2 Å². The van der Waals surface area contributed by atoms with Gasteiger partial charge in [0, 0.05) is 26.2 Å². The Labute approximate surface area is 144 Å². The fourth-order valence-corrected chi connectivity index (χ4v) is 3.63. The number of furan rings is 1. The van der Waals surface area contributed by atoms with E-state index in [2.05, 4.69) is 12.0 Å². The average Bonchev–Trinajstić information content (AvgIpc) is 3.08. The van der Waals surface area contributed by atoms with Crippen LogP contribution in [-0.2, 0) is 18.4 Å². The summed E-state index contributed by atoms with van der Waals surface area (Å²) in [5, 5.41) is 4.90. The van der Waals surface area contributed by atoms with E-state index in [0.717, 1.165) is 37.2 Å². The molecule has 0 bridgehead atoms. The molecule has 25 heavy (non-hydrogen) atoms. The molecule has 0 radical (unpaired) electrons. The molecule has 3 aromatic rings. The van der Waals surface area contributed by atoms with E-state index in [-0.39, 0.29) is 18.0 Å². The third kappa shape index (κ3) is 2.54. The smallest absolute Gasteiger partial charge is 0.291 e. The maximum Gasteiger partial charge on any atom is 0.291 e. The van der Waals surface area contributed by atoms with Gasteiger partial charge in [0.25, 0.3) is 5.56 Å². The molecule has 0 unspecified atom stereocenters. The average molecular weight is 342 g/mol. The lowest BCUT2D eigenvalue weighted by molar-refractivity contribution is -0.133. The van der Waals surface area contributed by atoms with Gasteiger partial charge < -0.3 is 13.9 Å². The van der Waals surface area contributed by atoms with Crippen molar-refractivity contribution in [2.45, 2.75) is 33.2 Å². The van der Waals surface area contributed by atoms with Crippen molar-refractivity contribution in [2.24, 2.45) is 13.0 Å². The molecular formula is C18H22N4O3. The molecule has 0 aromatic carbocycles. The number of carbonyl (C=O) groups is 1. The number of aromatic nitrogens is 3. The van der Waals surface area contributed by atoms with E-state index >= 15 is 0 Å². The molecule has 3 aromatic heterocycles. The van der Waals surface area contributed by atoms with E-state index in [0.29, 0.717) is 22.4 Å². The quantitative estimate of drug-likeness (QED) is 0.714. The van der Waals surface area contributed by atoms with Crippen LogP contribution >= 0.6 is 0 Å². The molecule has 0 saturated carbocycles. The third-order valence-electron chi connectivity index (χ3n) is 5.22. The summed E-state index contributed by atoms with van der Waals surface area (Å²) in [7, 11) is 1.83. The summed E-state index contributed by atoms with van der Waals surface area (Å²) in [6, 6.07) is 1.90. The first-order chi connectivity index (χ1) is 12.0. The second kappa shape index (κ2) is 5.75. The van der Waals surface area contributed by atoms with Crippen molar-refractivity contribution >= 4 is 27.9 Å². The highest BCUT2D eigenvalue weighted by Crippen LogP contribution is 2.28. The van der Waals surface area contributed by atoms with E-state index in [4.69, 9.17) is 4.42 Å². The zero-order valence-corrected chi connectivity index (χ0v) is 14.8. The molecule has 0 spiro atoms. The molecule has 1 fully saturated rings. The van der Waals surface area contributed by atoms with E-state index in [1.165, 1.54) is 4.68 Å². The minimum atomic E-state index is -0.261. The summed E-state index contributed by atoms with van der Waals surface area (Å²) >= 11 is 0. The van der Waals surface area contributed by atoms with Crippen LogP contribution in [0.5, 0.6) is 0 Å². The van der Waals surface area contributed by atoms with E-state index in [1.54, 1.807) is 6.20 Å². The summed E-state index contributed by atoms with van der Waals surface area (Å²) < 4.78 is 8.77. The van der Waals surface area contributed by atoms with Gasteiger partial charge in [-0.3, -0.25) is 9.59 Å². The molecular weight excluding hydrogens is 320 g/mol. The Bertz CT molecular complexity index is 1020. The van der Waals surface area contributed by atoms with Crippen LogP contribution in [0.1, 0.15) is 25.5 Å². The number of likely N-dealkylation sites (tertiary alicyclic amines) is 1. The van der Waals surface area contributed by atoms with Gasteiger partial charge in [0.2, 0.25) is 5.91 Å². The van der Waals surface area contributed by atoms with E-state index < -0.39 is 0 Å². The first-order valence-corrected chi connectivity index (χ1v) is 8.68. The van der Waals surface area contributed by atoms with Gasteiger partial charge in [-0.25, -0.2) is 4.68 Å². The van der Waals surface area contributed by atoms with Gasteiger partial charge >= 0.3 is 0 Å². The highest BCUT2D eigenvalue weighted by atomic mass is 16.3. The molecule has 7 nitrogen and oxygen atoms in total. The Morgan fingerprint density at radius 1 is 1.36 bits per heavy atom. The summed E-state index contributed by atoms with van der Waals surface area (Å²) in [5.74, 6) is 1.40. The number of hydrogen-bond donors (Lipinski definition) is 0. The van der Waals surface area contributed by atoms with Gasteiger partial charge in [-0.1, -0.05) is 6.92 Å². The monoisotopic (exact) mass is 342 g/mol. The lowest BCUT2D eigenvalue weighted by Gasteiger charge is -2.30. The van der Waals surface area contributed by atoms with Gasteiger partial charge in [0.1, 0.15) is 17.8 Å². The van der Waals surface area contributed by atoms with Crippen LogP contribution in [0.4, 0.5) is 0 Å². The van der Waals surface area contributed by atoms with Crippen molar-refractivity contribution in [3.8, 4) is 0 Å². The topological polar surface area (TPSA) is 73.3 Å². The van der Waals surface area contributed by atoms with Crippen LogP contribution in [0.25, 0.3) is 22.0 Å². The number of rotatable bonds is 2. The zero-order chi connectivity index (χ0) is 17.7. The lowest BCUT2D eigenvalue weighted by Crippen LogP contribution is -2.41. The number of nitrogens with zero attached hydrogens (tertiary/aromatic N) is 4. The summed E-state index contributed by atoms with van der Waals surface area (Å²) in [6.07, 6.45) is 3.65. The minimum absolute atomic E-state index is 0.0191. The van der Waals surface area contributed by atoms with Gasteiger partial charge in [0.15, 0.2) is 5.58 Å². The van der Waals surface area contributed by atoms with Gasteiger partial charge in [-0.2, -0.15) is 5.10 Å². The van der Waals surface area contributed by atoms with E-state index in [1.807, 2.05) is 29.5 Å². The number of fused-ring (bicyclic) bond motifs is 3. The minimum Gasteiger partial charge on any atom is -0.459 e. The van der Waals surface area contributed by atoms with Crippen molar-refractivity contribution in [1.29, 1.82) is 0 Å². The summed E-state index contributed by atoms with van der Waals surface area (Å²) in [6.45, 7) is 5.57. The molecule has 132 valence electrons. The number of amides is 1. The fourth-order valence-electron chi connectivity index (χ4n) is 3.63. The SMILES string of the molecule is Cc1cc2c(o1)c1cnn(CC(=O)N3CCC(C)CC3)c(=O)c1n2C. The molecule has 1 saturated heterocycles. The Balaban J connectivity index is 1.69. The summed E-state index contributed by atoms with van der Waals surface area (Å²) in [4.78, 5) is 27.2. The number of piperidine rings is 1. The first kappa shape index (κ1) is 15.9. The summed E-state index contributed by atoms with van der Waals surface area (Å²) in [5.41, 5.74) is 1.79. The van der Waals surface area contributed by atoms with Gasteiger partial charge in [0.05, 0.1) is 17.1 Å². The zero-order valence-electron chi connectivity index (χ0n) is 14.8. The van der Waals surface area contributed by atoms with Gasteiger partial charge in [-0.15, -0.1) is 0 Å². The molecule has 0 atom stereocenters. The van der Waals surface area contributed by atoms with Crippen molar-refractivity contribution in [2.75, 3.05) is 13.1 Å². The normalized spacial score (nSPS) is 16.2. The Hall–Kier alpha value is -2.57. The first-order valence-electron chi connectivity index (χ1n) is 8.68. The van der Waals surface area contributed by atoms with Crippen LogP contribution < -0.4 is 5.56 Å². The maximum atomic E-state index is 12.8. The molecule has 1 aliphatic rings. The molecule has 4 heterocycles. The largest absolute Gasteiger partial charge is 0.459 e. The number of hydrogen-bond acceptors (Lipinski definition) is 4. The highest BCUT2D eigenvalue weighted by molar-refractivity contribution is 6.04. The molecule has 0 N–H and O–H groups in total. The van der Waals surface area contributed by atoms with Crippen molar-refractivity contribution in [3.05, 3.63) is 28.4 Å². The Kier molecular flexibility index (Phi) is 3.67. The molecule has 0 aliphatic carbocycles. The van der Waals surface area contributed by atoms with Gasteiger partial charge in [-0.05, 0) is 25.7 Å². The fraction of sp³-hybridized carbons (Fsp3) is 0.500. The molecule has 1 amide bonds. The number of aryl methyl sites for hydroxylation is 2. The Morgan fingerprint density at radius 3 is 2.80 bits per heavy atom. The second-order valence-corrected chi connectivity index (χ2v) is 7.06. The molecule has 4 rings (SSSR count). The lowest BCUT2D eigenvalue weighted by atomic mass is 9.99. The van der Waals surface area contributed by atoms with Crippen molar-refractivity contribution < 1.29 is 9.21 Å². The maximum absolute atomic E-state index is 12.8.